The lowest BCUT2D eigenvalue weighted by Crippen LogP contribution is -2.47. The lowest BCUT2D eigenvalue weighted by Gasteiger charge is -2.21. The number of carbonyl (C=O) groups excluding carboxylic acids is 2. The molecule has 0 aromatic rings. The molecule has 0 saturated carbocycles. The molecule has 5 nitrogen and oxygen atoms in total. The Balaban J connectivity index is 2.40. The molecular weight excluding hydrogens is 214 g/mol. The minimum atomic E-state index is -0.288. The Morgan fingerprint density at radius 1 is 1.47 bits per heavy atom. The number of likely N-dealkylation sites (N-methyl/N-ethyl adjacent to an activating group) is 1. The van der Waals surface area contributed by atoms with Crippen molar-refractivity contribution >= 4 is 23.6 Å². The van der Waals surface area contributed by atoms with E-state index in [9.17, 15) is 9.59 Å². The van der Waals surface area contributed by atoms with Crippen molar-refractivity contribution in [1.82, 2.24) is 15.5 Å². The molecular formula is C9H17N3O2S. The molecule has 1 unspecified atom stereocenters. The number of amides is 2. The zero-order chi connectivity index (χ0) is 11.3. The molecule has 1 heterocycles. The highest BCUT2D eigenvalue weighted by Crippen LogP contribution is 2.20. The summed E-state index contributed by atoms with van der Waals surface area (Å²) >= 11 is 1.61. The molecule has 1 saturated heterocycles. The fraction of sp³-hybridized carbons (Fsp3) is 0.778. The predicted molar refractivity (Wildman–Crippen MR) is 60.6 cm³/mol. The van der Waals surface area contributed by atoms with Gasteiger partial charge in [0.05, 0.1) is 5.88 Å². The van der Waals surface area contributed by atoms with E-state index in [4.69, 9.17) is 0 Å². The van der Waals surface area contributed by atoms with Gasteiger partial charge in [0.25, 0.3) is 0 Å². The van der Waals surface area contributed by atoms with Crippen LogP contribution in [-0.4, -0.2) is 54.5 Å². The van der Waals surface area contributed by atoms with Crippen LogP contribution in [0.4, 0.5) is 0 Å². The van der Waals surface area contributed by atoms with Crippen LogP contribution in [0.5, 0.6) is 0 Å². The zero-order valence-electron chi connectivity index (χ0n) is 9.08. The maximum Gasteiger partial charge on any atom is 0.243 e. The van der Waals surface area contributed by atoms with E-state index in [1.54, 1.807) is 16.7 Å². The quantitative estimate of drug-likeness (QED) is 0.625. The molecule has 0 bridgehead atoms. The molecule has 0 aromatic heterocycles. The summed E-state index contributed by atoms with van der Waals surface area (Å²) in [5.41, 5.74) is 0. The van der Waals surface area contributed by atoms with E-state index in [1.165, 1.54) is 6.92 Å². The molecule has 1 aliphatic rings. The second-order valence-electron chi connectivity index (χ2n) is 3.40. The number of hydrogen-bond donors (Lipinski definition) is 2. The molecule has 0 aromatic carbocycles. The van der Waals surface area contributed by atoms with Crippen LogP contribution < -0.4 is 10.6 Å². The molecule has 2 N–H and O–H groups in total. The maximum atomic E-state index is 11.7. The van der Waals surface area contributed by atoms with Gasteiger partial charge in [0.15, 0.2) is 0 Å². The second kappa shape index (κ2) is 5.97. The largest absolute Gasteiger partial charge is 0.353 e. The van der Waals surface area contributed by atoms with Crippen molar-refractivity contribution in [2.45, 2.75) is 13.0 Å². The topological polar surface area (TPSA) is 61.4 Å². The smallest absolute Gasteiger partial charge is 0.243 e. The Bertz CT molecular complexity index is 248. The molecule has 1 rings (SSSR count). The van der Waals surface area contributed by atoms with Crippen molar-refractivity contribution in [3.05, 3.63) is 0 Å². The maximum absolute atomic E-state index is 11.7. The Morgan fingerprint density at radius 2 is 2.20 bits per heavy atom. The Kier molecular flexibility index (Phi) is 4.90. The molecule has 15 heavy (non-hydrogen) atoms. The molecule has 0 aliphatic carbocycles. The predicted octanol–water partition coefficient (Wildman–Crippen LogP) is -0.757. The summed E-state index contributed by atoms with van der Waals surface area (Å²) in [5, 5.41) is 5.75. The summed E-state index contributed by atoms with van der Waals surface area (Å²) in [6.07, 6.45) is 0. The third kappa shape index (κ3) is 3.39. The molecule has 1 fully saturated rings. The first kappa shape index (κ1) is 12.3. The summed E-state index contributed by atoms with van der Waals surface area (Å²) in [4.78, 5) is 24.5. The van der Waals surface area contributed by atoms with Gasteiger partial charge in [-0.25, -0.2) is 0 Å². The van der Waals surface area contributed by atoms with Gasteiger partial charge in [0.2, 0.25) is 11.8 Å². The lowest BCUT2D eigenvalue weighted by atomic mass is 10.2. The van der Waals surface area contributed by atoms with Gasteiger partial charge in [0.1, 0.15) is 6.04 Å². The lowest BCUT2D eigenvalue weighted by molar-refractivity contribution is -0.136. The average molecular weight is 231 g/mol. The summed E-state index contributed by atoms with van der Waals surface area (Å²) in [6, 6.07) is -0.288. The van der Waals surface area contributed by atoms with Crippen LogP contribution in [0.25, 0.3) is 0 Å². The summed E-state index contributed by atoms with van der Waals surface area (Å²) < 4.78 is 0. The normalized spacial score (nSPS) is 20.4. The van der Waals surface area contributed by atoms with Crippen LogP contribution >= 0.6 is 11.8 Å². The van der Waals surface area contributed by atoms with Crippen molar-refractivity contribution in [3.63, 3.8) is 0 Å². The van der Waals surface area contributed by atoms with Gasteiger partial charge in [0, 0.05) is 25.8 Å². The van der Waals surface area contributed by atoms with E-state index in [0.29, 0.717) is 18.2 Å². The Labute approximate surface area is 94.0 Å². The van der Waals surface area contributed by atoms with Gasteiger partial charge >= 0.3 is 0 Å². The minimum Gasteiger partial charge on any atom is -0.353 e. The number of rotatable bonds is 4. The SMILES string of the molecule is CNCCNC(=O)C1CSCN1C(C)=O. The highest BCUT2D eigenvalue weighted by atomic mass is 32.2. The molecule has 0 radical (unpaired) electrons. The minimum absolute atomic E-state index is 0.0335. The van der Waals surface area contributed by atoms with E-state index in [0.717, 1.165) is 6.54 Å². The number of nitrogens with zero attached hydrogens (tertiary/aromatic N) is 1. The Hall–Kier alpha value is -0.750. The van der Waals surface area contributed by atoms with E-state index in [-0.39, 0.29) is 17.9 Å². The van der Waals surface area contributed by atoms with Crippen molar-refractivity contribution in [2.75, 3.05) is 31.8 Å². The zero-order valence-corrected chi connectivity index (χ0v) is 9.89. The van der Waals surface area contributed by atoms with Crippen LogP contribution in [-0.2, 0) is 9.59 Å². The number of nitrogens with one attached hydrogen (secondary N) is 2. The van der Waals surface area contributed by atoms with Crippen LogP contribution in [0.3, 0.4) is 0 Å². The first-order valence-electron chi connectivity index (χ1n) is 4.94. The number of hydrogen-bond acceptors (Lipinski definition) is 4. The van der Waals surface area contributed by atoms with Crippen LogP contribution in [0.15, 0.2) is 0 Å². The van der Waals surface area contributed by atoms with Crippen LogP contribution in [0, 0.1) is 0 Å². The van der Waals surface area contributed by atoms with Crippen molar-refractivity contribution in [1.29, 1.82) is 0 Å². The molecule has 2 amide bonds. The van der Waals surface area contributed by atoms with Crippen molar-refractivity contribution in [3.8, 4) is 0 Å². The molecule has 0 spiro atoms. The molecule has 1 aliphatic heterocycles. The van der Waals surface area contributed by atoms with Gasteiger partial charge in [-0.15, -0.1) is 11.8 Å². The number of thioether (sulfide) groups is 1. The first-order valence-corrected chi connectivity index (χ1v) is 6.09. The average Bonchev–Trinajstić information content (AvgIpc) is 2.66. The third-order valence-electron chi connectivity index (χ3n) is 2.26. The van der Waals surface area contributed by atoms with Gasteiger partial charge in [-0.3, -0.25) is 9.59 Å². The Morgan fingerprint density at radius 3 is 2.80 bits per heavy atom. The summed E-state index contributed by atoms with van der Waals surface area (Å²) in [5.74, 6) is 1.24. The fourth-order valence-electron chi connectivity index (χ4n) is 1.40. The van der Waals surface area contributed by atoms with Crippen LogP contribution in [0.2, 0.25) is 0 Å². The molecule has 1 atom stereocenters. The van der Waals surface area contributed by atoms with E-state index < -0.39 is 0 Å². The summed E-state index contributed by atoms with van der Waals surface area (Å²) in [7, 11) is 1.83. The first-order chi connectivity index (χ1) is 7.16. The third-order valence-corrected chi connectivity index (χ3v) is 3.28. The van der Waals surface area contributed by atoms with Crippen molar-refractivity contribution < 1.29 is 9.59 Å². The van der Waals surface area contributed by atoms with Gasteiger partial charge < -0.3 is 15.5 Å². The highest BCUT2D eigenvalue weighted by molar-refractivity contribution is 7.99. The van der Waals surface area contributed by atoms with Gasteiger partial charge in [-0.1, -0.05) is 0 Å². The standard InChI is InChI=1S/C9H17N3O2S/c1-7(13)12-6-15-5-8(12)9(14)11-4-3-10-2/h8,10H,3-6H2,1-2H3,(H,11,14). The number of carbonyl (C=O) groups is 2. The second-order valence-corrected chi connectivity index (χ2v) is 4.40. The van der Waals surface area contributed by atoms with E-state index in [2.05, 4.69) is 10.6 Å². The molecule has 6 heteroatoms. The van der Waals surface area contributed by atoms with E-state index >= 15 is 0 Å². The van der Waals surface area contributed by atoms with Gasteiger partial charge in [-0.2, -0.15) is 0 Å². The van der Waals surface area contributed by atoms with E-state index in [1.807, 2.05) is 7.05 Å². The highest BCUT2D eigenvalue weighted by Gasteiger charge is 2.32. The monoisotopic (exact) mass is 231 g/mol. The van der Waals surface area contributed by atoms with Crippen molar-refractivity contribution in [2.24, 2.45) is 0 Å². The summed E-state index contributed by atoms with van der Waals surface area (Å²) in [6.45, 7) is 2.84. The fourth-order valence-corrected chi connectivity index (χ4v) is 2.62. The van der Waals surface area contributed by atoms with Gasteiger partial charge in [-0.05, 0) is 7.05 Å². The van der Waals surface area contributed by atoms with Crippen LogP contribution in [0.1, 0.15) is 6.92 Å². The molecule has 86 valence electrons.